The van der Waals surface area contributed by atoms with Crippen molar-refractivity contribution in [3.63, 3.8) is 0 Å². The van der Waals surface area contributed by atoms with Gasteiger partial charge < -0.3 is 10.2 Å². The second-order valence-electron chi connectivity index (χ2n) is 3.35. The molecule has 15 heavy (non-hydrogen) atoms. The van der Waals surface area contributed by atoms with Crippen LogP contribution in [0.1, 0.15) is 16.1 Å². The lowest BCUT2D eigenvalue weighted by Gasteiger charge is -2.04. The Morgan fingerprint density at radius 2 is 2.13 bits per heavy atom. The lowest BCUT2D eigenvalue weighted by molar-refractivity contribution is 0.0687. The molecule has 0 radical (unpaired) electrons. The number of nitrogens with zero attached hydrogens (tertiary/aromatic N) is 1. The first-order valence-corrected chi connectivity index (χ1v) is 4.41. The zero-order valence-electron chi connectivity index (χ0n) is 8.06. The van der Waals surface area contributed by atoms with Crippen molar-refractivity contribution >= 4 is 16.7 Å². The number of carboxylic acids is 1. The number of aromatic carboxylic acids is 1. The molecule has 4 nitrogen and oxygen atoms in total. The van der Waals surface area contributed by atoms with Gasteiger partial charge in [-0.15, -0.1) is 0 Å². The van der Waals surface area contributed by atoms with Crippen LogP contribution in [0.4, 0.5) is 0 Å². The summed E-state index contributed by atoms with van der Waals surface area (Å²) in [6, 6.07) is 5.34. The van der Waals surface area contributed by atoms with Gasteiger partial charge in [-0.05, 0) is 13.0 Å². The van der Waals surface area contributed by atoms with Crippen molar-refractivity contribution in [1.82, 2.24) is 4.98 Å². The Balaban J connectivity index is 2.80. The summed E-state index contributed by atoms with van der Waals surface area (Å²) in [5.41, 5.74) is 0.720. The third-order valence-corrected chi connectivity index (χ3v) is 2.22. The highest BCUT2D eigenvalue weighted by molar-refractivity contribution is 5.98. The van der Waals surface area contributed by atoms with Gasteiger partial charge in [-0.25, -0.2) is 9.78 Å². The Labute approximate surface area is 85.8 Å². The third kappa shape index (κ3) is 1.50. The van der Waals surface area contributed by atoms with E-state index in [1.54, 1.807) is 6.07 Å². The highest BCUT2D eigenvalue weighted by Crippen LogP contribution is 2.27. The molecule has 76 valence electrons. The summed E-state index contributed by atoms with van der Waals surface area (Å²) in [6.45, 7) is 1.92. The van der Waals surface area contributed by atoms with Gasteiger partial charge in [0.1, 0.15) is 0 Å². The molecular formula is C11H9NO3. The van der Waals surface area contributed by atoms with E-state index in [9.17, 15) is 9.90 Å². The maximum absolute atomic E-state index is 10.7. The number of aryl methyl sites for hydroxylation is 1. The predicted molar refractivity (Wildman–Crippen MR) is 55.1 cm³/mol. The van der Waals surface area contributed by atoms with E-state index in [1.807, 2.05) is 19.1 Å². The number of hydrogen-bond acceptors (Lipinski definition) is 3. The number of aromatic nitrogens is 1. The highest BCUT2D eigenvalue weighted by Gasteiger charge is 2.13. The fourth-order valence-electron chi connectivity index (χ4n) is 1.48. The van der Waals surface area contributed by atoms with Gasteiger partial charge >= 0.3 is 5.97 Å². The van der Waals surface area contributed by atoms with Crippen molar-refractivity contribution in [3.8, 4) is 5.75 Å². The topological polar surface area (TPSA) is 70.4 Å². The number of rotatable bonds is 1. The number of carbonyl (C=O) groups is 1. The maximum atomic E-state index is 10.7. The number of aromatic hydroxyl groups is 1. The molecule has 0 saturated heterocycles. The quantitative estimate of drug-likeness (QED) is 0.743. The van der Waals surface area contributed by atoms with E-state index in [4.69, 9.17) is 5.11 Å². The second-order valence-corrected chi connectivity index (χ2v) is 3.35. The van der Waals surface area contributed by atoms with Crippen LogP contribution in [-0.2, 0) is 0 Å². The van der Waals surface area contributed by atoms with E-state index in [-0.39, 0.29) is 11.4 Å². The number of benzene rings is 1. The van der Waals surface area contributed by atoms with Crippen LogP contribution in [0, 0.1) is 6.92 Å². The van der Waals surface area contributed by atoms with Crippen LogP contribution >= 0.6 is 0 Å². The minimum atomic E-state index is -1.23. The van der Waals surface area contributed by atoms with Crippen molar-refractivity contribution in [1.29, 1.82) is 0 Å². The molecule has 0 saturated carbocycles. The fraction of sp³-hybridized carbons (Fsp3) is 0.0909. The van der Waals surface area contributed by atoms with Crippen LogP contribution < -0.4 is 0 Å². The normalized spacial score (nSPS) is 10.5. The van der Waals surface area contributed by atoms with Gasteiger partial charge in [0.25, 0.3) is 0 Å². The molecule has 1 aromatic heterocycles. The van der Waals surface area contributed by atoms with Crippen LogP contribution in [0.3, 0.4) is 0 Å². The van der Waals surface area contributed by atoms with Crippen molar-refractivity contribution in [2.45, 2.75) is 6.92 Å². The Hall–Kier alpha value is -2.10. The van der Waals surface area contributed by atoms with Crippen LogP contribution in [-0.4, -0.2) is 21.2 Å². The molecule has 0 bridgehead atoms. The molecular weight excluding hydrogens is 194 g/mol. The molecule has 1 heterocycles. The first-order chi connectivity index (χ1) is 7.09. The zero-order chi connectivity index (χ0) is 11.0. The lowest BCUT2D eigenvalue weighted by Crippen LogP contribution is -2.00. The summed E-state index contributed by atoms with van der Waals surface area (Å²) in [4.78, 5) is 14.4. The minimum absolute atomic E-state index is 0.278. The largest absolute Gasteiger partial charge is 0.505 e. The van der Waals surface area contributed by atoms with E-state index < -0.39 is 5.97 Å². The fourth-order valence-corrected chi connectivity index (χ4v) is 1.48. The second kappa shape index (κ2) is 3.24. The van der Waals surface area contributed by atoms with Crippen LogP contribution in [0.5, 0.6) is 5.75 Å². The summed E-state index contributed by atoms with van der Waals surface area (Å²) in [5.74, 6) is -1.50. The molecule has 0 aliphatic carbocycles. The number of pyridine rings is 1. The summed E-state index contributed by atoms with van der Waals surface area (Å²) >= 11 is 0. The molecule has 1 aromatic carbocycles. The van der Waals surface area contributed by atoms with E-state index in [2.05, 4.69) is 4.98 Å². The number of fused-ring (bicyclic) bond motifs is 1. The maximum Gasteiger partial charge on any atom is 0.358 e. The SMILES string of the molecule is Cc1ccc2c(O)c(C(=O)O)ncc2c1. The van der Waals surface area contributed by atoms with Crippen molar-refractivity contribution in [2.75, 3.05) is 0 Å². The Bertz CT molecular complexity index is 549. The van der Waals surface area contributed by atoms with E-state index in [0.717, 1.165) is 10.9 Å². The van der Waals surface area contributed by atoms with Gasteiger partial charge in [0, 0.05) is 17.0 Å². The smallest absolute Gasteiger partial charge is 0.358 e. The first kappa shape index (κ1) is 9.45. The Kier molecular flexibility index (Phi) is 2.04. The zero-order valence-corrected chi connectivity index (χ0v) is 8.06. The standard InChI is InChI=1S/C11H9NO3/c1-6-2-3-8-7(4-6)5-12-9(10(8)13)11(14)15/h2-5,13H,1H3,(H,14,15). The van der Waals surface area contributed by atoms with Gasteiger partial charge in [-0.1, -0.05) is 17.7 Å². The Morgan fingerprint density at radius 1 is 1.40 bits per heavy atom. The third-order valence-electron chi connectivity index (χ3n) is 2.22. The first-order valence-electron chi connectivity index (χ1n) is 4.41. The lowest BCUT2D eigenvalue weighted by atomic mass is 10.1. The molecule has 2 N–H and O–H groups in total. The highest BCUT2D eigenvalue weighted by atomic mass is 16.4. The van der Waals surface area contributed by atoms with Gasteiger partial charge in [-0.2, -0.15) is 0 Å². The van der Waals surface area contributed by atoms with Crippen LogP contribution in [0.15, 0.2) is 24.4 Å². The molecule has 0 fully saturated rings. The van der Waals surface area contributed by atoms with E-state index in [1.165, 1.54) is 6.20 Å². The summed E-state index contributed by atoms with van der Waals surface area (Å²) in [5, 5.41) is 19.7. The number of carboxylic acid groups (broad SMARTS) is 1. The van der Waals surface area contributed by atoms with Crippen molar-refractivity contribution in [2.24, 2.45) is 0 Å². The Morgan fingerprint density at radius 3 is 2.80 bits per heavy atom. The van der Waals surface area contributed by atoms with Gasteiger partial charge in [0.05, 0.1) is 0 Å². The predicted octanol–water partition coefficient (Wildman–Crippen LogP) is 1.95. The van der Waals surface area contributed by atoms with Crippen LogP contribution in [0.2, 0.25) is 0 Å². The molecule has 2 aromatic rings. The molecule has 4 heteroatoms. The molecule has 0 atom stereocenters. The summed E-state index contributed by atoms with van der Waals surface area (Å²) in [7, 11) is 0. The minimum Gasteiger partial charge on any atom is -0.505 e. The molecule has 0 amide bonds. The van der Waals surface area contributed by atoms with E-state index in [0.29, 0.717) is 5.39 Å². The van der Waals surface area contributed by atoms with Crippen molar-refractivity contribution < 1.29 is 15.0 Å². The summed E-state index contributed by atoms with van der Waals surface area (Å²) < 4.78 is 0. The van der Waals surface area contributed by atoms with Crippen molar-refractivity contribution in [3.05, 3.63) is 35.7 Å². The monoisotopic (exact) mass is 203 g/mol. The van der Waals surface area contributed by atoms with Gasteiger partial charge in [0.15, 0.2) is 11.4 Å². The number of hydrogen-bond donors (Lipinski definition) is 2. The average Bonchev–Trinajstić information content (AvgIpc) is 2.17. The molecule has 0 spiro atoms. The molecule has 0 aliphatic heterocycles. The summed E-state index contributed by atoms with van der Waals surface area (Å²) in [6.07, 6.45) is 1.45. The molecule has 2 rings (SSSR count). The van der Waals surface area contributed by atoms with Gasteiger partial charge in [-0.3, -0.25) is 0 Å². The van der Waals surface area contributed by atoms with Gasteiger partial charge in [0.2, 0.25) is 0 Å². The van der Waals surface area contributed by atoms with Crippen LogP contribution in [0.25, 0.3) is 10.8 Å². The molecule has 0 aliphatic rings. The van der Waals surface area contributed by atoms with E-state index >= 15 is 0 Å². The molecule has 0 unspecified atom stereocenters. The average molecular weight is 203 g/mol.